The number of hydrogen-bond donors (Lipinski definition) is 1. The predicted molar refractivity (Wildman–Crippen MR) is 123 cm³/mol. The third-order valence-corrected chi connectivity index (χ3v) is 6.97. The van der Waals surface area contributed by atoms with Gasteiger partial charge in [-0.05, 0) is 29.9 Å². The summed E-state index contributed by atoms with van der Waals surface area (Å²) in [6, 6.07) is 10.00. The molecule has 33 heavy (non-hydrogen) atoms. The van der Waals surface area contributed by atoms with Crippen LogP contribution in [0.3, 0.4) is 0 Å². The second kappa shape index (κ2) is 7.80. The summed E-state index contributed by atoms with van der Waals surface area (Å²) in [6.45, 7) is 5.87. The Labute approximate surface area is 193 Å². The van der Waals surface area contributed by atoms with Gasteiger partial charge >= 0.3 is 0 Å². The summed E-state index contributed by atoms with van der Waals surface area (Å²) >= 11 is 0. The van der Waals surface area contributed by atoms with E-state index < -0.39 is 5.92 Å². The van der Waals surface area contributed by atoms with Gasteiger partial charge in [0.05, 0.1) is 5.92 Å². The molecule has 2 aliphatic heterocycles. The van der Waals surface area contributed by atoms with Crippen LogP contribution < -0.4 is 5.73 Å². The number of Topliss-reactive ketones (excluding diaryl/α,β-unsaturated/α-hetero) is 1. The number of carbonyl (C=O) groups is 2. The number of ketones is 1. The van der Waals surface area contributed by atoms with Crippen LogP contribution in [0.25, 0.3) is 10.9 Å². The van der Waals surface area contributed by atoms with Gasteiger partial charge in [0.15, 0.2) is 5.78 Å². The summed E-state index contributed by atoms with van der Waals surface area (Å²) in [7, 11) is 0. The van der Waals surface area contributed by atoms with Crippen LogP contribution in [0.5, 0.6) is 0 Å². The Morgan fingerprint density at radius 3 is 2.70 bits per heavy atom. The molecule has 3 heterocycles. The van der Waals surface area contributed by atoms with Crippen LogP contribution in [-0.2, 0) is 20.9 Å². The minimum Gasteiger partial charge on any atom is -0.444 e. The number of nitrogens with two attached hydrogens (primary N) is 1. The second-order valence-corrected chi connectivity index (χ2v) is 10.0. The zero-order valence-electron chi connectivity index (χ0n) is 19.1. The van der Waals surface area contributed by atoms with Crippen LogP contribution >= 0.6 is 0 Å². The molecule has 2 N–H and O–H groups in total. The molecule has 7 nitrogen and oxygen atoms in total. The number of nitrogens with zero attached hydrogens (tertiary/aromatic N) is 3. The SMILES string of the molecule is CC1(C)CC(=O)C2=C(C1)OC(N)=C(C#N)[C@H]2c1cn(CC(=O)N2CCCC2)c2ccccc12. The van der Waals surface area contributed by atoms with Crippen molar-refractivity contribution >= 4 is 22.6 Å². The maximum absolute atomic E-state index is 13.3. The summed E-state index contributed by atoms with van der Waals surface area (Å²) in [5, 5.41) is 10.9. The van der Waals surface area contributed by atoms with Gasteiger partial charge in [-0.25, -0.2) is 0 Å². The van der Waals surface area contributed by atoms with E-state index in [0.29, 0.717) is 24.2 Å². The average molecular weight is 445 g/mol. The Morgan fingerprint density at radius 2 is 1.97 bits per heavy atom. The minimum absolute atomic E-state index is 0.0172. The van der Waals surface area contributed by atoms with Crippen molar-refractivity contribution < 1.29 is 14.3 Å². The number of likely N-dealkylation sites (tertiary alicyclic amines) is 1. The first kappa shape index (κ1) is 21.3. The van der Waals surface area contributed by atoms with Crippen molar-refractivity contribution in [3.63, 3.8) is 0 Å². The van der Waals surface area contributed by atoms with Crippen molar-refractivity contribution in [3.8, 4) is 6.07 Å². The summed E-state index contributed by atoms with van der Waals surface area (Å²) in [5.74, 6) is 0.0732. The molecular weight excluding hydrogens is 416 g/mol. The van der Waals surface area contributed by atoms with Crippen molar-refractivity contribution in [2.45, 2.75) is 52.0 Å². The highest BCUT2D eigenvalue weighted by Crippen LogP contribution is 2.49. The molecule has 1 atom stereocenters. The Bertz CT molecular complexity index is 1270. The predicted octanol–water partition coefficient (Wildman–Crippen LogP) is 3.71. The van der Waals surface area contributed by atoms with Gasteiger partial charge in [0, 0.05) is 48.6 Å². The molecular formula is C26H28N4O3. The zero-order chi connectivity index (χ0) is 23.3. The van der Waals surface area contributed by atoms with Crippen LogP contribution in [0, 0.1) is 16.7 Å². The first-order valence-electron chi connectivity index (χ1n) is 11.5. The fourth-order valence-electron chi connectivity index (χ4n) is 5.44. The van der Waals surface area contributed by atoms with E-state index in [1.807, 2.05) is 53.8 Å². The molecule has 3 aliphatic rings. The van der Waals surface area contributed by atoms with E-state index in [9.17, 15) is 14.9 Å². The van der Waals surface area contributed by atoms with Crippen LogP contribution in [0.2, 0.25) is 0 Å². The van der Waals surface area contributed by atoms with Crippen LogP contribution in [0.15, 0.2) is 53.3 Å². The number of aromatic nitrogens is 1. The molecule has 0 bridgehead atoms. The summed E-state index contributed by atoms with van der Waals surface area (Å²) < 4.78 is 7.76. The summed E-state index contributed by atoms with van der Waals surface area (Å²) in [5.41, 5.74) is 8.43. The highest BCUT2D eigenvalue weighted by Gasteiger charge is 2.43. The first-order chi connectivity index (χ1) is 15.8. The molecule has 1 fully saturated rings. The Morgan fingerprint density at radius 1 is 1.24 bits per heavy atom. The smallest absolute Gasteiger partial charge is 0.242 e. The lowest BCUT2D eigenvalue weighted by Crippen LogP contribution is -2.33. The maximum atomic E-state index is 13.3. The lowest BCUT2D eigenvalue weighted by Gasteiger charge is -2.37. The maximum Gasteiger partial charge on any atom is 0.242 e. The molecule has 0 unspecified atom stereocenters. The third kappa shape index (κ3) is 3.60. The van der Waals surface area contributed by atoms with Crippen molar-refractivity contribution in [1.29, 1.82) is 5.26 Å². The van der Waals surface area contributed by atoms with Crippen molar-refractivity contribution in [3.05, 3.63) is 58.8 Å². The van der Waals surface area contributed by atoms with Gasteiger partial charge in [-0.1, -0.05) is 32.0 Å². The monoisotopic (exact) mass is 444 g/mol. The van der Waals surface area contributed by atoms with Gasteiger partial charge in [-0.3, -0.25) is 9.59 Å². The number of nitriles is 1. The number of fused-ring (bicyclic) bond motifs is 1. The van der Waals surface area contributed by atoms with Crippen LogP contribution in [0.4, 0.5) is 0 Å². The molecule has 1 aliphatic carbocycles. The van der Waals surface area contributed by atoms with E-state index in [4.69, 9.17) is 10.5 Å². The van der Waals surface area contributed by atoms with E-state index >= 15 is 0 Å². The van der Waals surface area contributed by atoms with E-state index in [0.717, 1.165) is 42.4 Å². The summed E-state index contributed by atoms with van der Waals surface area (Å²) in [6.07, 6.45) is 4.95. The fraction of sp³-hybridized carbons (Fsp3) is 0.423. The number of para-hydroxylation sites is 1. The molecule has 0 radical (unpaired) electrons. The number of rotatable bonds is 3. The number of ether oxygens (including phenoxy) is 1. The normalized spacial score (nSPS) is 22.4. The van der Waals surface area contributed by atoms with Gasteiger partial charge in [-0.2, -0.15) is 5.26 Å². The number of amides is 1. The third-order valence-electron chi connectivity index (χ3n) is 6.97. The number of hydrogen-bond acceptors (Lipinski definition) is 5. The topological polar surface area (TPSA) is 101 Å². The fourth-order valence-corrected chi connectivity index (χ4v) is 5.44. The van der Waals surface area contributed by atoms with Gasteiger partial charge < -0.3 is 19.9 Å². The van der Waals surface area contributed by atoms with Crippen LogP contribution in [0.1, 0.15) is 51.0 Å². The summed E-state index contributed by atoms with van der Waals surface area (Å²) in [4.78, 5) is 28.1. The van der Waals surface area contributed by atoms with E-state index in [-0.39, 0.29) is 35.1 Å². The van der Waals surface area contributed by atoms with Crippen molar-refractivity contribution in [1.82, 2.24) is 9.47 Å². The van der Waals surface area contributed by atoms with Gasteiger partial charge in [0.25, 0.3) is 0 Å². The Hall–Kier alpha value is -3.53. The molecule has 0 saturated carbocycles. The average Bonchev–Trinajstić information content (AvgIpc) is 3.41. The molecule has 7 heteroatoms. The van der Waals surface area contributed by atoms with E-state index in [1.54, 1.807) is 0 Å². The standard InChI is InChI=1S/C26H28N4O3/c1-26(2)11-20(31)24-21(12-26)33-25(28)17(13-27)23(24)18-14-30(19-8-4-3-7-16(18)19)15-22(32)29-9-5-6-10-29/h3-4,7-8,14,23H,5-6,9-12,15,28H2,1-2H3/t23-/m0/s1. The zero-order valence-corrected chi connectivity index (χ0v) is 19.1. The lowest BCUT2D eigenvalue weighted by molar-refractivity contribution is -0.130. The lowest BCUT2D eigenvalue weighted by atomic mass is 9.70. The highest BCUT2D eigenvalue weighted by atomic mass is 16.5. The minimum atomic E-state index is -0.601. The second-order valence-electron chi connectivity index (χ2n) is 10.0. The molecule has 5 rings (SSSR count). The van der Waals surface area contributed by atoms with E-state index in [1.165, 1.54) is 0 Å². The van der Waals surface area contributed by atoms with Crippen LogP contribution in [-0.4, -0.2) is 34.2 Å². The molecule has 1 saturated heterocycles. The molecule has 2 aromatic rings. The number of allylic oxidation sites excluding steroid dienone is 3. The van der Waals surface area contributed by atoms with Crippen molar-refractivity contribution in [2.24, 2.45) is 11.1 Å². The molecule has 1 amide bonds. The Balaban J connectivity index is 1.64. The van der Waals surface area contributed by atoms with Gasteiger partial charge in [0.1, 0.15) is 23.9 Å². The largest absolute Gasteiger partial charge is 0.444 e. The Kier molecular flexibility index (Phi) is 5.04. The van der Waals surface area contributed by atoms with E-state index in [2.05, 4.69) is 6.07 Å². The quantitative estimate of drug-likeness (QED) is 0.778. The number of benzene rings is 1. The van der Waals surface area contributed by atoms with Crippen molar-refractivity contribution in [2.75, 3.05) is 13.1 Å². The number of carbonyl (C=O) groups excluding carboxylic acids is 2. The van der Waals surface area contributed by atoms with Gasteiger partial charge in [-0.15, -0.1) is 0 Å². The molecule has 170 valence electrons. The molecule has 1 aromatic heterocycles. The molecule has 1 aromatic carbocycles. The first-order valence-corrected chi connectivity index (χ1v) is 11.5. The highest BCUT2D eigenvalue weighted by molar-refractivity contribution is 6.01. The van der Waals surface area contributed by atoms with Gasteiger partial charge in [0.2, 0.25) is 11.8 Å². The molecule has 0 spiro atoms.